The highest BCUT2D eigenvalue weighted by Gasteiger charge is 2.10. The van der Waals surface area contributed by atoms with E-state index < -0.39 is 0 Å². The van der Waals surface area contributed by atoms with Crippen molar-refractivity contribution in [2.45, 2.75) is 13.3 Å². The molecule has 0 amide bonds. The van der Waals surface area contributed by atoms with E-state index in [1.54, 1.807) is 7.11 Å². The van der Waals surface area contributed by atoms with Crippen LogP contribution in [0.3, 0.4) is 0 Å². The Kier molecular flexibility index (Phi) is 4.96. The van der Waals surface area contributed by atoms with Gasteiger partial charge in [0, 0.05) is 24.5 Å². The molecule has 0 atom stereocenters. The Morgan fingerprint density at radius 3 is 2.75 bits per heavy atom. The minimum Gasteiger partial charge on any atom is -0.497 e. The summed E-state index contributed by atoms with van der Waals surface area (Å²) in [5, 5.41) is 0. The predicted molar refractivity (Wildman–Crippen MR) is 82.6 cm³/mol. The fraction of sp³-hybridized carbons (Fsp3) is 0.312. The molecule has 2 aromatic rings. The predicted octanol–water partition coefficient (Wildman–Crippen LogP) is 2.89. The van der Waals surface area contributed by atoms with Crippen molar-refractivity contribution >= 4 is 11.5 Å². The van der Waals surface area contributed by atoms with Gasteiger partial charge in [-0.15, -0.1) is 0 Å². The highest BCUT2D eigenvalue weighted by atomic mass is 16.5. The number of anilines is 2. The van der Waals surface area contributed by atoms with Crippen molar-refractivity contribution in [1.29, 1.82) is 0 Å². The van der Waals surface area contributed by atoms with E-state index in [1.165, 1.54) is 0 Å². The van der Waals surface area contributed by atoms with Crippen LogP contribution in [0, 0.1) is 6.92 Å². The van der Waals surface area contributed by atoms with Crippen LogP contribution in [-0.4, -0.2) is 25.2 Å². The van der Waals surface area contributed by atoms with Crippen LogP contribution in [-0.2, 0) is 0 Å². The van der Waals surface area contributed by atoms with Gasteiger partial charge in [-0.3, -0.25) is 0 Å². The van der Waals surface area contributed by atoms with Crippen LogP contribution >= 0.6 is 0 Å². The molecule has 4 nitrogen and oxygen atoms in total. The van der Waals surface area contributed by atoms with Gasteiger partial charge in [-0.05, 0) is 43.7 Å². The van der Waals surface area contributed by atoms with Crippen molar-refractivity contribution in [2.24, 2.45) is 5.73 Å². The SMILES string of the molecule is COc1cccc(N(CCCN)c2ccc(C)cn2)c1. The molecule has 0 unspecified atom stereocenters. The summed E-state index contributed by atoms with van der Waals surface area (Å²) >= 11 is 0. The van der Waals surface area contributed by atoms with Crippen molar-refractivity contribution in [3.63, 3.8) is 0 Å². The summed E-state index contributed by atoms with van der Waals surface area (Å²) in [7, 11) is 1.67. The van der Waals surface area contributed by atoms with E-state index in [0.29, 0.717) is 6.54 Å². The zero-order valence-corrected chi connectivity index (χ0v) is 12.0. The summed E-state index contributed by atoms with van der Waals surface area (Å²) in [5.74, 6) is 1.77. The second-order valence-electron chi connectivity index (χ2n) is 4.69. The molecule has 2 rings (SSSR count). The van der Waals surface area contributed by atoms with Gasteiger partial charge in [0.15, 0.2) is 0 Å². The monoisotopic (exact) mass is 271 g/mol. The Labute approximate surface area is 120 Å². The van der Waals surface area contributed by atoms with Crippen molar-refractivity contribution in [1.82, 2.24) is 4.98 Å². The van der Waals surface area contributed by atoms with E-state index in [1.807, 2.05) is 37.4 Å². The Morgan fingerprint density at radius 2 is 2.10 bits per heavy atom. The molecule has 0 saturated heterocycles. The van der Waals surface area contributed by atoms with Crippen LogP contribution in [0.5, 0.6) is 5.75 Å². The highest BCUT2D eigenvalue weighted by Crippen LogP contribution is 2.27. The van der Waals surface area contributed by atoms with Gasteiger partial charge >= 0.3 is 0 Å². The first-order valence-electron chi connectivity index (χ1n) is 6.79. The molecule has 0 bridgehead atoms. The van der Waals surface area contributed by atoms with Gasteiger partial charge in [-0.2, -0.15) is 0 Å². The maximum absolute atomic E-state index is 5.64. The number of benzene rings is 1. The van der Waals surface area contributed by atoms with Crippen LogP contribution in [0.25, 0.3) is 0 Å². The van der Waals surface area contributed by atoms with Crippen LogP contribution in [0.4, 0.5) is 11.5 Å². The number of nitrogens with two attached hydrogens (primary N) is 1. The summed E-state index contributed by atoms with van der Waals surface area (Å²) in [5.41, 5.74) is 7.86. The van der Waals surface area contributed by atoms with E-state index >= 15 is 0 Å². The maximum Gasteiger partial charge on any atom is 0.132 e. The number of methoxy groups -OCH3 is 1. The molecule has 0 aliphatic carbocycles. The van der Waals surface area contributed by atoms with Crippen LogP contribution in [0.15, 0.2) is 42.6 Å². The van der Waals surface area contributed by atoms with E-state index in [2.05, 4.69) is 22.0 Å². The standard InChI is InChI=1S/C16H21N3O/c1-13-7-8-16(18-12-13)19(10-4-9-17)14-5-3-6-15(11-14)20-2/h3,5-8,11-12H,4,9-10,17H2,1-2H3. The molecule has 1 aromatic heterocycles. The quantitative estimate of drug-likeness (QED) is 0.877. The van der Waals surface area contributed by atoms with Crippen LogP contribution in [0.2, 0.25) is 0 Å². The van der Waals surface area contributed by atoms with Gasteiger partial charge < -0.3 is 15.4 Å². The Bertz CT molecular complexity index is 540. The van der Waals surface area contributed by atoms with Crippen molar-refractivity contribution in [3.8, 4) is 5.75 Å². The maximum atomic E-state index is 5.64. The number of rotatable bonds is 6. The lowest BCUT2D eigenvalue weighted by Gasteiger charge is -2.24. The van der Waals surface area contributed by atoms with E-state index in [4.69, 9.17) is 10.5 Å². The number of aromatic nitrogens is 1. The van der Waals surface area contributed by atoms with Gasteiger partial charge in [0.25, 0.3) is 0 Å². The lowest BCUT2D eigenvalue weighted by atomic mass is 10.2. The average molecular weight is 271 g/mol. The molecule has 0 radical (unpaired) electrons. The van der Waals surface area contributed by atoms with Crippen LogP contribution in [0.1, 0.15) is 12.0 Å². The van der Waals surface area contributed by atoms with E-state index in [0.717, 1.165) is 35.8 Å². The molecule has 0 fully saturated rings. The van der Waals surface area contributed by atoms with E-state index in [9.17, 15) is 0 Å². The van der Waals surface area contributed by atoms with Gasteiger partial charge in [0.2, 0.25) is 0 Å². The van der Waals surface area contributed by atoms with E-state index in [-0.39, 0.29) is 0 Å². The third-order valence-electron chi connectivity index (χ3n) is 3.12. The summed E-state index contributed by atoms with van der Waals surface area (Å²) < 4.78 is 5.29. The summed E-state index contributed by atoms with van der Waals surface area (Å²) in [6.07, 6.45) is 2.79. The molecule has 2 N–H and O–H groups in total. The first-order chi connectivity index (χ1) is 9.74. The second kappa shape index (κ2) is 6.91. The summed E-state index contributed by atoms with van der Waals surface area (Å²) in [6, 6.07) is 12.1. The second-order valence-corrected chi connectivity index (χ2v) is 4.69. The minimum absolute atomic E-state index is 0.659. The Balaban J connectivity index is 2.32. The molecule has 0 saturated carbocycles. The van der Waals surface area contributed by atoms with Crippen molar-refractivity contribution in [2.75, 3.05) is 25.1 Å². The fourth-order valence-electron chi connectivity index (χ4n) is 2.02. The molecule has 0 aliphatic rings. The topological polar surface area (TPSA) is 51.4 Å². The number of ether oxygens (including phenoxy) is 1. The Morgan fingerprint density at radius 1 is 1.25 bits per heavy atom. The number of pyridine rings is 1. The first kappa shape index (κ1) is 14.3. The normalized spacial score (nSPS) is 10.3. The molecule has 106 valence electrons. The largest absolute Gasteiger partial charge is 0.497 e. The van der Waals surface area contributed by atoms with Crippen molar-refractivity contribution < 1.29 is 4.74 Å². The highest BCUT2D eigenvalue weighted by molar-refractivity contribution is 5.61. The lowest BCUT2D eigenvalue weighted by molar-refractivity contribution is 0.415. The minimum atomic E-state index is 0.659. The molecule has 0 aliphatic heterocycles. The van der Waals surface area contributed by atoms with Gasteiger partial charge in [0.1, 0.15) is 11.6 Å². The smallest absolute Gasteiger partial charge is 0.132 e. The zero-order valence-electron chi connectivity index (χ0n) is 12.0. The molecular weight excluding hydrogens is 250 g/mol. The number of hydrogen-bond donors (Lipinski definition) is 1. The summed E-state index contributed by atoms with van der Waals surface area (Å²) in [4.78, 5) is 6.67. The zero-order chi connectivity index (χ0) is 14.4. The van der Waals surface area contributed by atoms with Crippen LogP contribution < -0.4 is 15.4 Å². The third-order valence-corrected chi connectivity index (χ3v) is 3.12. The van der Waals surface area contributed by atoms with Gasteiger partial charge in [-0.1, -0.05) is 12.1 Å². The third kappa shape index (κ3) is 3.48. The number of hydrogen-bond acceptors (Lipinski definition) is 4. The first-order valence-corrected chi connectivity index (χ1v) is 6.79. The Hall–Kier alpha value is -2.07. The molecule has 20 heavy (non-hydrogen) atoms. The van der Waals surface area contributed by atoms with Gasteiger partial charge in [-0.25, -0.2) is 4.98 Å². The van der Waals surface area contributed by atoms with Gasteiger partial charge in [0.05, 0.1) is 7.11 Å². The molecular formula is C16H21N3O. The lowest BCUT2D eigenvalue weighted by Crippen LogP contribution is -2.21. The average Bonchev–Trinajstić information content (AvgIpc) is 2.49. The van der Waals surface area contributed by atoms with Crippen molar-refractivity contribution in [3.05, 3.63) is 48.2 Å². The number of aryl methyl sites for hydroxylation is 1. The molecule has 0 spiro atoms. The fourth-order valence-corrected chi connectivity index (χ4v) is 2.02. The molecule has 1 aromatic carbocycles. The number of nitrogens with zero attached hydrogens (tertiary/aromatic N) is 2. The molecule has 4 heteroatoms. The molecule has 1 heterocycles. The summed E-state index contributed by atoms with van der Waals surface area (Å²) in [6.45, 7) is 3.53.